The van der Waals surface area contributed by atoms with E-state index in [4.69, 9.17) is 21.1 Å². The Kier molecular flexibility index (Phi) is 3.99. The zero-order valence-electron chi connectivity index (χ0n) is 14.7. The summed E-state index contributed by atoms with van der Waals surface area (Å²) in [5.74, 6) is 1.13. The number of hydrogen-bond donors (Lipinski definition) is 1. The lowest BCUT2D eigenvalue weighted by atomic mass is 10.2. The summed E-state index contributed by atoms with van der Waals surface area (Å²) in [6.45, 7) is 2.13. The number of nitrogens with one attached hydrogen (secondary N) is 1. The van der Waals surface area contributed by atoms with Gasteiger partial charge in [0.1, 0.15) is 4.83 Å². The molecule has 4 aromatic rings. The van der Waals surface area contributed by atoms with Gasteiger partial charge in [0.05, 0.1) is 16.3 Å². The minimum absolute atomic E-state index is 0.179. The summed E-state index contributed by atoms with van der Waals surface area (Å²) < 4.78 is 12.5. The number of fused-ring (bicyclic) bond motifs is 2. The van der Waals surface area contributed by atoms with Crippen molar-refractivity contribution in [1.82, 2.24) is 9.78 Å². The Bertz CT molecular complexity index is 1210. The topological polar surface area (TPSA) is 65.4 Å². The summed E-state index contributed by atoms with van der Waals surface area (Å²) in [6, 6.07) is 14.7. The molecule has 0 atom stereocenters. The van der Waals surface area contributed by atoms with Crippen molar-refractivity contribution >= 4 is 44.7 Å². The van der Waals surface area contributed by atoms with Crippen molar-refractivity contribution in [1.29, 1.82) is 0 Å². The van der Waals surface area contributed by atoms with Crippen LogP contribution >= 0.6 is 22.9 Å². The van der Waals surface area contributed by atoms with Crippen LogP contribution < -0.4 is 14.8 Å². The number of anilines is 1. The highest BCUT2D eigenvalue weighted by Crippen LogP contribution is 2.35. The summed E-state index contributed by atoms with van der Waals surface area (Å²) >= 11 is 7.38. The number of amides is 1. The van der Waals surface area contributed by atoms with E-state index in [0.717, 1.165) is 21.6 Å². The first-order valence-electron chi connectivity index (χ1n) is 8.54. The zero-order valence-corrected chi connectivity index (χ0v) is 16.3. The van der Waals surface area contributed by atoms with Gasteiger partial charge < -0.3 is 14.8 Å². The SMILES string of the molecule is Cc1nn(-c2ccc(Cl)cc2)c2sc(C(=O)Nc3ccc4c(c3)OCO4)cc12. The molecule has 0 saturated heterocycles. The number of carbonyl (C=O) groups is 1. The number of thiophene rings is 1. The fourth-order valence-electron chi connectivity index (χ4n) is 3.08. The van der Waals surface area contributed by atoms with Gasteiger partial charge in [0.15, 0.2) is 11.5 Å². The lowest BCUT2D eigenvalue weighted by molar-refractivity contribution is 0.103. The van der Waals surface area contributed by atoms with Crippen LogP contribution in [0.4, 0.5) is 5.69 Å². The van der Waals surface area contributed by atoms with Gasteiger partial charge in [0, 0.05) is 22.2 Å². The van der Waals surface area contributed by atoms with E-state index >= 15 is 0 Å². The molecular weight excluding hydrogens is 398 g/mol. The number of benzene rings is 2. The monoisotopic (exact) mass is 411 g/mol. The minimum atomic E-state index is -0.179. The largest absolute Gasteiger partial charge is 0.454 e. The Morgan fingerprint density at radius 2 is 1.93 bits per heavy atom. The van der Waals surface area contributed by atoms with Crippen molar-refractivity contribution in [3.05, 3.63) is 64.1 Å². The second-order valence-corrected chi connectivity index (χ2v) is 7.79. The van der Waals surface area contributed by atoms with Crippen LogP contribution in [0.3, 0.4) is 0 Å². The van der Waals surface area contributed by atoms with E-state index in [9.17, 15) is 4.79 Å². The molecule has 1 aliphatic rings. The molecule has 1 amide bonds. The fourth-order valence-corrected chi connectivity index (χ4v) is 4.29. The van der Waals surface area contributed by atoms with Gasteiger partial charge in [-0.3, -0.25) is 4.79 Å². The van der Waals surface area contributed by atoms with Crippen molar-refractivity contribution < 1.29 is 14.3 Å². The number of rotatable bonds is 3. The molecule has 1 N–H and O–H groups in total. The number of carbonyl (C=O) groups excluding carboxylic acids is 1. The molecule has 0 unspecified atom stereocenters. The van der Waals surface area contributed by atoms with E-state index in [1.165, 1.54) is 11.3 Å². The maximum atomic E-state index is 12.8. The Balaban J connectivity index is 1.47. The molecule has 5 rings (SSSR count). The summed E-state index contributed by atoms with van der Waals surface area (Å²) in [5.41, 5.74) is 2.41. The van der Waals surface area contributed by atoms with Crippen molar-refractivity contribution in [3.63, 3.8) is 0 Å². The molecule has 6 nitrogen and oxygen atoms in total. The summed E-state index contributed by atoms with van der Waals surface area (Å²) in [5, 5.41) is 9.13. The second-order valence-electron chi connectivity index (χ2n) is 6.33. The first kappa shape index (κ1) is 17.1. The highest BCUT2D eigenvalue weighted by atomic mass is 35.5. The number of aryl methyl sites for hydroxylation is 1. The van der Waals surface area contributed by atoms with Gasteiger partial charge in [-0.15, -0.1) is 11.3 Å². The Morgan fingerprint density at radius 1 is 1.14 bits per heavy atom. The molecule has 0 fully saturated rings. The van der Waals surface area contributed by atoms with Gasteiger partial charge in [0.25, 0.3) is 5.91 Å². The number of aromatic nitrogens is 2. The molecule has 0 radical (unpaired) electrons. The molecule has 0 bridgehead atoms. The molecule has 8 heteroatoms. The average molecular weight is 412 g/mol. The van der Waals surface area contributed by atoms with Crippen molar-refractivity contribution in [2.45, 2.75) is 6.92 Å². The molecule has 140 valence electrons. The Hall–Kier alpha value is -3.03. The van der Waals surface area contributed by atoms with E-state index in [1.54, 1.807) is 18.2 Å². The molecule has 0 saturated carbocycles. The first-order chi connectivity index (χ1) is 13.6. The number of nitrogens with zero attached hydrogens (tertiary/aromatic N) is 2. The van der Waals surface area contributed by atoms with E-state index in [-0.39, 0.29) is 12.7 Å². The van der Waals surface area contributed by atoms with E-state index < -0.39 is 0 Å². The van der Waals surface area contributed by atoms with Crippen LogP contribution in [0.2, 0.25) is 5.02 Å². The third-order valence-electron chi connectivity index (χ3n) is 4.47. The molecule has 0 spiro atoms. The maximum absolute atomic E-state index is 12.8. The van der Waals surface area contributed by atoms with E-state index in [0.29, 0.717) is 27.1 Å². The van der Waals surface area contributed by atoms with Crippen LogP contribution in [0.5, 0.6) is 11.5 Å². The minimum Gasteiger partial charge on any atom is -0.454 e. The summed E-state index contributed by atoms with van der Waals surface area (Å²) in [4.78, 5) is 14.3. The molecule has 2 aromatic heterocycles. The first-order valence-corrected chi connectivity index (χ1v) is 9.74. The van der Waals surface area contributed by atoms with Crippen LogP contribution in [-0.4, -0.2) is 22.5 Å². The van der Waals surface area contributed by atoms with Gasteiger partial charge in [-0.1, -0.05) is 11.6 Å². The molecular formula is C20H14ClN3O3S. The van der Waals surface area contributed by atoms with Gasteiger partial charge >= 0.3 is 0 Å². The zero-order chi connectivity index (χ0) is 19.3. The number of ether oxygens (including phenoxy) is 2. The quantitative estimate of drug-likeness (QED) is 0.513. The van der Waals surface area contributed by atoms with Gasteiger partial charge in [-0.25, -0.2) is 4.68 Å². The van der Waals surface area contributed by atoms with Crippen molar-refractivity contribution in [3.8, 4) is 17.2 Å². The Labute approximate surface area is 169 Å². The maximum Gasteiger partial charge on any atom is 0.265 e. The normalized spacial score (nSPS) is 12.5. The summed E-state index contributed by atoms with van der Waals surface area (Å²) in [7, 11) is 0. The molecule has 3 heterocycles. The van der Waals surface area contributed by atoms with Crippen LogP contribution in [0.25, 0.3) is 15.9 Å². The predicted molar refractivity (Wildman–Crippen MR) is 109 cm³/mol. The third kappa shape index (κ3) is 2.89. The Morgan fingerprint density at radius 3 is 2.75 bits per heavy atom. The van der Waals surface area contributed by atoms with Crippen LogP contribution in [0.1, 0.15) is 15.4 Å². The van der Waals surface area contributed by atoms with Crippen LogP contribution in [-0.2, 0) is 0 Å². The lowest BCUT2D eigenvalue weighted by Gasteiger charge is -2.05. The summed E-state index contributed by atoms with van der Waals surface area (Å²) in [6.07, 6.45) is 0. The molecule has 28 heavy (non-hydrogen) atoms. The highest BCUT2D eigenvalue weighted by Gasteiger charge is 2.19. The van der Waals surface area contributed by atoms with E-state index in [1.807, 2.05) is 41.9 Å². The third-order valence-corrected chi connectivity index (χ3v) is 5.83. The van der Waals surface area contributed by atoms with E-state index in [2.05, 4.69) is 10.4 Å². The number of halogens is 1. The fraction of sp³-hybridized carbons (Fsp3) is 0.100. The second kappa shape index (κ2) is 6.54. The van der Waals surface area contributed by atoms with Crippen molar-refractivity contribution in [2.24, 2.45) is 0 Å². The predicted octanol–water partition coefficient (Wildman–Crippen LogP) is 5.03. The average Bonchev–Trinajstić information content (AvgIpc) is 3.39. The molecule has 1 aliphatic heterocycles. The van der Waals surface area contributed by atoms with Gasteiger partial charge in [-0.2, -0.15) is 5.10 Å². The molecule has 2 aromatic carbocycles. The van der Waals surface area contributed by atoms with Gasteiger partial charge in [0.2, 0.25) is 6.79 Å². The van der Waals surface area contributed by atoms with Gasteiger partial charge in [-0.05, 0) is 49.4 Å². The smallest absolute Gasteiger partial charge is 0.265 e. The number of hydrogen-bond acceptors (Lipinski definition) is 5. The van der Waals surface area contributed by atoms with Crippen LogP contribution in [0.15, 0.2) is 48.5 Å². The lowest BCUT2D eigenvalue weighted by Crippen LogP contribution is -2.10. The van der Waals surface area contributed by atoms with Crippen LogP contribution in [0, 0.1) is 6.92 Å². The molecule has 0 aliphatic carbocycles. The van der Waals surface area contributed by atoms with Crippen molar-refractivity contribution in [2.75, 3.05) is 12.1 Å². The standard InChI is InChI=1S/C20H14ClN3O3S/c1-11-15-9-18(19(25)22-13-4-7-16-17(8-13)27-10-26-16)28-20(15)24(23-11)14-5-2-12(21)3-6-14/h2-9H,10H2,1H3,(H,22,25). The highest BCUT2D eigenvalue weighted by molar-refractivity contribution is 7.20.